The largest absolute Gasteiger partial charge is 0.491 e. The SMILES string of the molecule is CC[C@@H](N/C=C(\C=N)c1cc2c3c(c1)nc(-c1ccc4oc(N)nc4n1)n3CCCCO2)C(N)=O. The number of nitrogens with zero attached hydrogens (tertiary/aromatic N) is 4. The van der Waals surface area contributed by atoms with E-state index in [1.54, 1.807) is 12.3 Å². The van der Waals surface area contributed by atoms with Crippen LogP contribution in [0.4, 0.5) is 6.01 Å². The fourth-order valence-corrected chi connectivity index (χ4v) is 4.23. The number of nitrogen functional groups attached to an aromatic ring is 1. The number of rotatable bonds is 7. The number of fused-ring (bicyclic) bond motifs is 1. The highest BCUT2D eigenvalue weighted by atomic mass is 16.5. The Morgan fingerprint density at radius 1 is 1.29 bits per heavy atom. The lowest BCUT2D eigenvalue weighted by atomic mass is 10.1. The number of benzene rings is 1. The summed E-state index contributed by atoms with van der Waals surface area (Å²) in [5.74, 6) is 0.916. The number of aryl methyl sites for hydroxylation is 1. The van der Waals surface area contributed by atoms with Gasteiger partial charge in [-0.2, -0.15) is 4.98 Å². The summed E-state index contributed by atoms with van der Waals surface area (Å²) < 4.78 is 13.6. The van der Waals surface area contributed by atoms with E-state index in [0.717, 1.165) is 30.5 Å². The molecule has 4 aromatic rings. The fourth-order valence-electron chi connectivity index (χ4n) is 4.23. The molecule has 0 spiro atoms. The molecule has 0 bridgehead atoms. The van der Waals surface area contributed by atoms with Crippen LogP contribution in [0, 0.1) is 5.41 Å². The molecule has 0 unspecified atom stereocenters. The molecule has 1 atom stereocenters. The highest BCUT2D eigenvalue weighted by molar-refractivity contribution is 6.09. The van der Waals surface area contributed by atoms with Crippen LogP contribution >= 0.6 is 0 Å². The standard InChI is InChI=1S/C24H26N8O3/c1-2-15(21(26)33)28-12-14(11-25)13-9-17-20-19(10-13)34-8-4-3-7-32(20)23(30-17)16-5-6-18-22(29-16)31-24(27)35-18/h5-6,9-12,15,25,28H,2-4,7-8H2,1H3,(H2,26,33)(H2,27,29,31)/b14-12+,25-11?/t15-/m1/s1. The Labute approximate surface area is 200 Å². The molecule has 1 aliphatic rings. The number of allylic oxidation sites excluding steroid dienone is 1. The Morgan fingerprint density at radius 3 is 2.91 bits per heavy atom. The summed E-state index contributed by atoms with van der Waals surface area (Å²) in [4.78, 5) is 25.3. The minimum Gasteiger partial charge on any atom is -0.491 e. The van der Waals surface area contributed by atoms with Gasteiger partial charge in [-0.3, -0.25) is 4.79 Å². The lowest BCUT2D eigenvalue weighted by Crippen LogP contribution is -2.38. The lowest BCUT2D eigenvalue weighted by molar-refractivity contribution is -0.119. The van der Waals surface area contributed by atoms with E-state index in [1.807, 2.05) is 25.1 Å². The summed E-state index contributed by atoms with van der Waals surface area (Å²) in [5, 5.41) is 11.0. The summed E-state index contributed by atoms with van der Waals surface area (Å²) in [6.07, 6.45) is 5.21. The van der Waals surface area contributed by atoms with Crippen molar-refractivity contribution in [1.29, 1.82) is 5.41 Å². The third-order valence-electron chi connectivity index (χ3n) is 6.02. The van der Waals surface area contributed by atoms with E-state index >= 15 is 0 Å². The number of oxazole rings is 1. The van der Waals surface area contributed by atoms with Crippen LogP contribution in [0.25, 0.3) is 39.4 Å². The summed E-state index contributed by atoms with van der Waals surface area (Å²) in [6.45, 7) is 3.21. The molecule has 11 heteroatoms. The molecule has 11 nitrogen and oxygen atoms in total. The number of hydrogen-bond acceptors (Lipinski definition) is 9. The third-order valence-corrected chi connectivity index (χ3v) is 6.02. The first-order valence-electron chi connectivity index (χ1n) is 11.5. The molecule has 0 radical (unpaired) electrons. The van der Waals surface area contributed by atoms with Gasteiger partial charge in [-0.05, 0) is 49.1 Å². The van der Waals surface area contributed by atoms with E-state index in [2.05, 4.69) is 19.9 Å². The van der Waals surface area contributed by atoms with Gasteiger partial charge in [-0.1, -0.05) is 6.92 Å². The number of hydrogen-bond donors (Lipinski definition) is 4. The van der Waals surface area contributed by atoms with Crippen molar-refractivity contribution in [3.63, 3.8) is 0 Å². The number of carbonyl (C=O) groups excluding carboxylic acids is 1. The first-order valence-corrected chi connectivity index (χ1v) is 11.5. The molecule has 1 aliphatic heterocycles. The van der Waals surface area contributed by atoms with Crippen molar-refractivity contribution in [1.82, 2.24) is 24.8 Å². The van der Waals surface area contributed by atoms with Crippen LogP contribution in [0.1, 0.15) is 31.7 Å². The molecule has 35 heavy (non-hydrogen) atoms. The van der Waals surface area contributed by atoms with Gasteiger partial charge in [0.15, 0.2) is 11.4 Å². The van der Waals surface area contributed by atoms with Crippen LogP contribution in [-0.4, -0.2) is 44.3 Å². The maximum atomic E-state index is 11.6. The van der Waals surface area contributed by atoms with E-state index in [1.165, 1.54) is 6.21 Å². The highest BCUT2D eigenvalue weighted by Gasteiger charge is 2.21. The number of imidazole rings is 1. The molecule has 3 aromatic heterocycles. The second-order valence-corrected chi connectivity index (χ2v) is 8.33. The first-order chi connectivity index (χ1) is 17.0. The molecule has 0 fully saturated rings. The highest BCUT2D eigenvalue weighted by Crippen LogP contribution is 2.35. The number of carbonyl (C=O) groups is 1. The summed E-state index contributed by atoms with van der Waals surface area (Å²) >= 11 is 0. The second kappa shape index (κ2) is 9.09. The molecule has 4 heterocycles. The van der Waals surface area contributed by atoms with Crippen LogP contribution in [0.15, 0.2) is 34.9 Å². The molecular weight excluding hydrogens is 448 g/mol. The van der Waals surface area contributed by atoms with Crippen LogP contribution in [0.5, 0.6) is 5.75 Å². The van der Waals surface area contributed by atoms with Crippen LogP contribution in [0.2, 0.25) is 0 Å². The molecule has 0 saturated carbocycles. The van der Waals surface area contributed by atoms with Crippen molar-refractivity contribution in [2.75, 3.05) is 12.3 Å². The average molecular weight is 475 g/mol. The second-order valence-electron chi connectivity index (χ2n) is 8.33. The van der Waals surface area contributed by atoms with Crippen LogP contribution in [0.3, 0.4) is 0 Å². The number of primary amides is 1. The Balaban J connectivity index is 1.64. The number of nitrogens with one attached hydrogen (secondary N) is 2. The predicted octanol–water partition coefficient (Wildman–Crippen LogP) is 2.84. The van der Waals surface area contributed by atoms with Crippen molar-refractivity contribution in [2.45, 2.75) is 38.8 Å². The number of anilines is 1. The molecule has 1 aromatic carbocycles. The molecule has 0 aliphatic carbocycles. The third kappa shape index (κ3) is 4.16. The quantitative estimate of drug-likeness (QED) is 0.296. The molecule has 0 saturated heterocycles. The minimum absolute atomic E-state index is 0.0640. The Kier molecular flexibility index (Phi) is 5.81. The van der Waals surface area contributed by atoms with Crippen molar-refractivity contribution in [3.8, 4) is 17.3 Å². The number of pyridine rings is 1. The van der Waals surface area contributed by atoms with Crippen LogP contribution in [-0.2, 0) is 11.3 Å². The first kappa shape index (κ1) is 22.4. The maximum Gasteiger partial charge on any atom is 0.294 e. The van der Waals surface area contributed by atoms with E-state index in [0.29, 0.717) is 52.6 Å². The summed E-state index contributed by atoms with van der Waals surface area (Å²) in [6, 6.07) is 6.96. The van der Waals surface area contributed by atoms with Gasteiger partial charge in [0.25, 0.3) is 6.01 Å². The maximum absolute atomic E-state index is 11.6. The van der Waals surface area contributed by atoms with Crippen molar-refractivity contribution in [2.24, 2.45) is 5.73 Å². The van der Waals surface area contributed by atoms with Crippen molar-refractivity contribution >= 4 is 46.0 Å². The molecule has 180 valence electrons. The van der Waals surface area contributed by atoms with Gasteiger partial charge in [-0.15, -0.1) is 0 Å². The minimum atomic E-state index is -0.521. The fraction of sp³-hybridized carbons (Fsp3) is 0.292. The monoisotopic (exact) mass is 474 g/mol. The smallest absolute Gasteiger partial charge is 0.294 e. The molecular formula is C24H26N8O3. The van der Waals surface area contributed by atoms with Gasteiger partial charge in [0.05, 0.1) is 12.1 Å². The predicted molar refractivity (Wildman–Crippen MR) is 133 cm³/mol. The normalized spacial score (nSPS) is 14.8. The topological polar surface area (TPSA) is 171 Å². The molecule has 6 N–H and O–H groups in total. The summed E-state index contributed by atoms with van der Waals surface area (Å²) in [7, 11) is 0. The molecule has 1 amide bonds. The number of aromatic nitrogens is 4. The van der Waals surface area contributed by atoms with Crippen molar-refractivity contribution in [3.05, 3.63) is 36.0 Å². The Hall–Kier alpha value is -4.41. The van der Waals surface area contributed by atoms with E-state index in [4.69, 9.17) is 31.0 Å². The van der Waals surface area contributed by atoms with Gasteiger partial charge in [0.1, 0.15) is 23.0 Å². The van der Waals surface area contributed by atoms with Gasteiger partial charge in [0.2, 0.25) is 11.6 Å². The van der Waals surface area contributed by atoms with Gasteiger partial charge >= 0.3 is 0 Å². The van der Waals surface area contributed by atoms with E-state index in [-0.39, 0.29) is 6.01 Å². The number of amides is 1. The average Bonchev–Trinajstić information content (AvgIpc) is 3.38. The van der Waals surface area contributed by atoms with Gasteiger partial charge in [0, 0.05) is 24.5 Å². The zero-order valence-electron chi connectivity index (χ0n) is 19.2. The molecule has 5 rings (SSSR count). The van der Waals surface area contributed by atoms with Crippen molar-refractivity contribution < 1.29 is 13.9 Å². The zero-order valence-corrected chi connectivity index (χ0v) is 19.2. The Morgan fingerprint density at radius 2 is 2.14 bits per heavy atom. The van der Waals surface area contributed by atoms with E-state index < -0.39 is 11.9 Å². The zero-order chi connectivity index (χ0) is 24.5. The van der Waals surface area contributed by atoms with Gasteiger partial charge in [-0.25, -0.2) is 9.97 Å². The van der Waals surface area contributed by atoms with Crippen LogP contribution < -0.4 is 21.5 Å². The van der Waals surface area contributed by atoms with E-state index in [9.17, 15) is 4.79 Å². The Bertz CT molecular complexity index is 1470. The number of ether oxygens (including phenoxy) is 1. The number of nitrogens with two attached hydrogens (primary N) is 2. The lowest BCUT2D eigenvalue weighted by Gasteiger charge is -2.17. The summed E-state index contributed by atoms with van der Waals surface area (Å²) in [5.41, 5.74) is 15.6. The van der Waals surface area contributed by atoms with Gasteiger partial charge < -0.3 is 35.9 Å².